The Morgan fingerprint density at radius 1 is 1.03 bits per heavy atom. The molecule has 0 aliphatic heterocycles. The van der Waals surface area contributed by atoms with Gasteiger partial charge in [0.05, 0.1) is 11.7 Å². The SMILES string of the molecule is CC(C)/C=C/C[C@](C)(O)[C@@H]1[C@H]2CC[C@@H]3[C@@]4(C)CCC(=O)C(C)(C)[C@@H]4CC[C@@]3(C)[C@]2(C)C[C@@H]1O. The van der Waals surface area contributed by atoms with Crippen molar-refractivity contribution in [3.05, 3.63) is 12.2 Å². The Labute approximate surface area is 202 Å². The summed E-state index contributed by atoms with van der Waals surface area (Å²) in [6.45, 7) is 18.1. The number of hydrogen-bond acceptors (Lipinski definition) is 3. The van der Waals surface area contributed by atoms with E-state index in [1.165, 1.54) is 0 Å². The summed E-state index contributed by atoms with van der Waals surface area (Å²) in [6, 6.07) is 0. The third-order valence-electron chi connectivity index (χ3n) is 11.9. The smallest absolute Gasteiger partial charge is 0.138 e. The monoisotopic (exact) mass is 458 g/mol. The topological polar surface area (TPSA) is 57.5 Å². The lowest BCUT2D eigenvalue weighted by Crippen LogP contribution is -2.63. The largest absolute Gasteiger partial charge is 0.393 e. The second-order valence-corrected chi connectivity index (χ2v) is 14.3. The Morgan fingerprint density at radius 2 is 1.70 bits per heavy atom. The van der Waals surface area contributed by atoms with Gasteiger partial charge in [0.1, 0.15) is 5.78 Å². The highest BCUT2D eigenvalue weighted by molar-refractivity contribution is 5.85. The molecule has 0 aromatic rings. The molecule has 4 aliphatic rings. The van der Waals surface area contributed by atoms with E-state index >= 15 is 0 Å². The predicted octanol–water partition coefficient (Wildman–Crippen LogP) is 6.56. The maximum Gasteiger partial charge on any atom is 0.138 e. The first-order valence-corrected chi connectivity index (χ1v) is 13.7. The fourth-order valence-corrected chi connectivity index (χ4v) is 10.1. The fraction of sp³-hybridized carbons (Fsp3) is 0.900. The highest BCUT2D eigenvalue weighted by Crippen LogP contribution is 2.75. The molecule has 3 heteroatoms. The van der Waals surface area contributed by atoms with Gasteiger partial charge in [0.25, 0.3) is 0 Å². The third-order valence-corrected chi connectivity index (χ3v) is 11.9. The standard InChI is InChI=1S/C30H50O3/c1-19(2)10-9-15-30(8,33)25-20-11-12-23-27(5)16-14-24(32)26(3,4)22(27)13-17-28(23,6)29(20,7)18-21(25)31/h9-10,19-23,25,31,33H,11-18H2,1-8H3/b10-9+/t20-,21+,22+,23-,25-,27+,28-,29-,30+/m1/s1. The van der Waals surface area contributed by atoms with Crippen LogP contribution in [0.3, 0.4) is 0 Å². The molecule has 0 amide bonds. The summed E-state index contributed by atoms with van der Waals surface area (Å²) < 4.78 is 0. The van der Waals surface area contributed by atoms with E-state index in [1.807, 2.05) is 6.92 Å². The predicted molar refractivity (Wildman–Crippen MR) is 135 cm³/mol. The first kappa shape index (κ1) is 25.4. The zero-order valence-electron chi connectivity index (χ0n) is 22.6. The third kappa shape index (κ3) is 3.53. The van der Waals surface area contributed by atoms with Crippen molar-refractivity contribution in [2.75, 3.05) is 0 Å². The molecular weight excluding hydrogens is 408 g/mol. The van der Waals surface area contributed by atoms with Gasteiger partial charge in [-0.25, -0.2) is 0 Å². The molecule has 4 rings (SSSR count). The van der Waals surface area contributed by atoms with E-state index in [0.717, 1.165) is 44.9 Å². The molecule has 0 aromatic carbocycles. The van der Waals surface area contributed by atoms with E-state index in [0.29, 0.717) is 35.9 Å². The Kier molecular flexibility index (Phi) is 6.10. The maximum absolute atomic E-state index is 12.9. The number of fused-ring (bicyclic) bond motifs is 5. The molecule has 2 N–H and O–H groups in total. The molecule has 0 radical (unpaired) electrons. The van der Waals surface area contributed by atoms with Gasteiger partial charge >= 0.3 is 0 Å². The van der Waals surface area contributed by atoms with Crippen LogP contribution in [0, 0.1) is 51.2 Å². The van der Waals surface area contributed by atoms with Crippen LogP contribution >= 0.6 is 0 Å². The molecule has 0 bridgehead atoms. The molecule has 188 valence electrons. The van der Waals surface area contributed by atoms with Crippen molar-refractivity contribution < 1.29 is 15.0 Å². The van der Waals surface area contributed by atoms with Crippen molar-refractivity contribution in [2.24, 2.45) is 51.2 Å². The fourth-order valence-electron chi connectivity index (χ4n) is 10.1. The number of ketones is 1. The van der Waals surface area contributed by atoms with E-state index < -0.39 is 11.7 Å². The van der Waals surface area contributed by atoms with Gasteiger partial charge in [-0.3, -0.25) is 4.79 Å². The summed E-state index contributed by atoms with van der Waals surface area (Å²) >= 11 is 0. The van der Waals surface area contributed by atoms with E-state index in [2.05, 4.69) is 60.6 Å². The van der Waals surface area contributed by atoms with Crippen molar-refractivity contribution in [1.29, 1.82) is 0 Å². The zero-order chi connectivity index (χ0) is 24.6. The zero-order valence-corrected chi connectivity index (χ0v) is 22.6. The lowest BCUT2D eigenvalue weighted by molar-refractivity contribution is -0.206. The Bertz CT molecular complexity index is 809. The number of allylic oxidation sites excluding steroid dienone is 1. The van der Waals surface area contributed by atoms with Crippen LogP contribution in [-0.2, 0) is 4.79 Å². The van der Waals surface area contributed by atoms with Crippen LogP contribution in [0.15, 0.2) is 12.2 Å². The van der Waals surface area contributed by atoms with Crippen LogP contribution in [0.4, 0.5) is 0 Å². The van der Waals surface area contributed by atoms with Crippen LogP contribution in [0.25, 0.3) is 0 Å². The lowest BCUT2D eigenvalue weighted by atomic mass is 9.35. The van der Waals surface area contributed by atoms with Gasteiger partial charge in [-0.15, -0.1) is 0 Å². The van der Waals surface area contributed by atoms with Gasteiger partial charge in [-0.1, -0.05) is 60.6 Å². The minimum Gasteiger partial charge on any atom is -0.393 e. The Balaban J connectivity index is 1.67. The molecule has 9 atom stereocenters. The summed E-state index contributed by atoms with van der Waals surface area (Å²) in [5, 5.41) is 23.0. The van der Waals surface area contributed by atoms with Crippen molar-refractivity contribution in [3.8, 4) is 0 Å². The molecule has 0 unspecified atom stereocenters. The summed E-state index contributed by atoms with van der Waals surface area (Å²) in [6.07, 6.45) is 11.5. The molecule has 0 spiro atoms. The molecule has 0 heterocycles. The number of aliphatic hydroxyl groups is 2. The van der Waals surface area contributed by atoms with E-state index in [1.54, 1.807) is 0 Å². The maximum atomic E-state index is 12.9. The number of hydrogen-bond donors (Lipinski definition) is 2. The molecule has 4 saturated carbocycles. The van der Waals surface area contributed by atoms with Crippen molar-refractivity contribution in [3.63, 3.8) is 0 Å². The second kappa shape index (κ2) is 7.92. The van der Waals surface area contributed by atoms with Gasteiger partial charge in [-0.2, -0.15) is 0 Å². The number of Topliss-reactive ketones (excluding diaryl/α,β-unsaturated/α-hetero) is 1. The quantitative estimate of drug-likeness (QED) is 0.469. The van der Waals surface area contributed by atoms with Gasteiger partial charge in [0.15, 0.2) is 0 Å². The van der Waals surface area contributed by atoms with Crippen LogP contribution < -0.4 is 0 Å². The Hall–Kier alpha value is -0.670. The van der Waals surface area contributed by atoms with Crippen molar-refractivity contribution in [1.82, 2.24) is 0 Å². The first-order chi connectivity index (χ1) is 15.1. The number of rotatable bonds is 4. The van der Waals surface area contributed by atoms with Crippen LogP contribution in [0.5, 0.6) is 0 Å². The average molecular weight is 459 g/mol. The summed E-state index contributed by atoms with van der Waals surface area (Å²) in [5.74, 6) is 2.22. The average Bonchev–Trinajstić information content (AvgIpc) is 2.96. The van der Waals surface area contributed by atoms with E-state index in [9.17, 15) is 15.0 Å². The van der Waals surface area contributed by atoms with Gasteiger partial charge < -0.3 is 10.2 Å². The Morgan fingerprint density at radius 3 is 2.33 bits per heavy atom. The summed E-state index contributed by atoms with van der Waals surface area (Å²) in [7, 11) is 0. The molecule has 0 aromatic heterocycles. The summed E-state index contributed by atoms with van der Waals surface area (Å²) in [5.41, 5.74) is -0.778. The van der Waals surface area contributed by atoms with Crippen LogP contribution in [-0.4, -0.2) is 27.7 Å². The van der Waals surface area contributed by atoms with Crippen LogP contribution in [0.1, 0.15) is 107 Å². The minimum atomic E-state index is -0.892. The van der Waals surface area contributed by atoms with Crippen molar-refractivity contribution in [2.45, 2.75) is 118 Å². The van der Waals surface area contributed by atoms with Gasteiger partial charge in [0, 0.05) is 17.8 Å². The van der Waals surface area contributed by atoms with Crippen molar-refractivity contribution >= 4 is 5.78 Å². The second-order valence-electron chi connectivity index (χ2n) is 14.3. The normalized spacial score (nSPS) is 48.9. The highest BCUT2D eigenvalue weighted by Gasteiger charge is 2.70. The van der Waals surface area contributed by atoms with E-state index in [-0.39, 0.29) is 27.6 Å². The highest BCUT2D eigenvalue weighted by atomic mass is 16.3. The molecule has 4 fully saturated rings. The molecule has 3 nitrogen and oxygen atoms in total. The van der Waals surface area contributed by atoms with Gasteiger partial charge in [-0.05, 0) is 91.8 Å². The molecular formula is C30H50O3. The van der Waals surface area contributed by atoms with Crippen LogP contribution in [0.2, 0.25) is 0 Å². The van der Waals surface area contributed by atoms with Gasteiger partial charge in [0.2, 0.25) is 0 Å². The summed E-state index contributed by atoms with van der Waals surface area (Å²) in [4.78, 5) is 12.9. The first-order valence-electron chi connectivity index (χ1n) is 13.7. The number of aliphatic hydroxyl groups excluding tert-OH is 1. The number of carbonyl (C=O) groups excluding carboxylic acids is 1. The lowest BCUT2D eigenvalue weighted by Gasteiger charge is -2.69. The minimum absolute atomic E-state index is 0.0192. The van der Waals surface area contributed by atoms with E-state index in [4.69, 9.17) is 0 Å². The molecule has 0 saturated heterocycles. The number of carbonyl (C=O) groups is 1. The molecule has 4 aliphatic carbocycles. The molecule has 33 heavy (non-hydrogen) atoms.